The maximum absolute atomic E-state index is 5.74. The minimum atomic E-state index is 0.851. The fourth-order valence-corrected chi connectivity index (χ4v) is 2.04. The first kappa shape index (κ1) is 15.0. The van der Waals surface area contributed by atoms with E-state index in [4.69, 9.17) is 10.5 Å². The second-order valence-corrected chi connectivity index (χ2v) is 4.88. The summed E-state index contributed by atoms with van der Waals surface area (Å²) in [5.74, 6) is 0. The zero-order chi connectivity index (χ0) is 13.1. The van der Waals surface area contributed by atoms with Gasteiger partial charge in [-0.2, -0.15) is 0 Å². The third kappa shape index (κ3) is 7.33. The summed E-state index contributed by atoms with van der Waals surface area (Å²) in [5, 5.41) is 0. The maximum Gasteiger partial charge on any atom is 0.0469 e. The van der Waals surface area contributed by atoms with Crippen molar-refractivity contribution in [2.75, 3.05) is 18.9 Å². The number of ether oxygens (including phenoxy) is 1. The van der Waals surface area contributed by atoms with Gasteiger partial charge in [-0.1, -0.05) is 44.7 Å². The fraction of sp³-hybridized carbons (Fsp3) is 0.625. The van der Waals surface area contributed by atoms with Gasteiger partial charge in [0.1, 0.15) is 0 Å². The van der Waals surface area contributed by atoms with Gasteiger partial charge in [-0.05, 0) is 37.0 Å². The lowest BCUT2D eigenvalue weighted by atomic mass is 10.1. The molecule has 0 unspecified atom stereocenters. The highest BCUT2D eigenvalue weighted by molar-refractivity contribution is 5.40. The van der Waals surface area contributed by atoms with E-state index in [2.05, 4.69) is 13.0 Å². The Hall–Kier alpha value is -1.02. The molecule has 0 saturated heterocycles. The molecule has 0 saturated carbocycles. The van der Waals surface area contributed by atoms with Crippen LogP contribution >= 0.6 is 0 Å². The second-order valence-electron chi connectivity index (χ2n) is 4.88. The molecule has 1 rings (SSSR count). The van der Waals surface area contributed by atoms with E-state index in [1.165, 1.54) is 37.7 Å². The Balaban J connectivity index is 1.92. The van der Waals surface area contributed by atoms with Crippen molar-refractivity contribution in [1.29, 1.82) is 0 Å². The number of anilines is 1. The highest BCUT2D eigenvalue weighted by Crippen LogP contribution is 2.09. The molecule has 0 bridgehead atoms. The van der Waals surface area contributed by atoms with E-state index in [0.29, 0.717) is 0 Å². The lowest BCUT2D eigenvalue weighted by molar-refractivity contribution is 0.127. The molecule has 2 N–H and O–H groups in total. The SMILES string of the molecule is CCCCCCCOCCCc1cccc(N)c1. The van der Waals surface area contributed by atoms with Gasteiger partial charge in [-0.15, -0.1) is 0 Å². The Kier molecular flexibility index (Phi) is 8.32. The lowest BCUT2D eigenvalue weighted by Crippen LogP contribution is -1.99. The molecular weight excluding hydrogens is 222 g/mol. The Labute approximate surface area is 112 Å². The average molecular weight is 249 g/mol. The zero-order valence-corrected chi connectivity index (χ0v) is 11.7. The number of nitrogen functional groups attached to an aromatic ring is 1. The molecular formula is C16H27NO. The standard InChI is InChI=1S/C16H27NO/c1-2-3-4-5-6-12-18-13-8-10-15-9-7-11-16(17)14-15/h7,9,11,14H,2-6,8,10,12-13,17H2,1H3. The number of hydrogen-bond donors (Lipinski definition) is 1. The molecule has 0 atom stereocenters. The van der Waals surface area contributed by atoms with E-state index < -0.39 is 0 Å². The average Bonchev–Trinajstić information content (AvgIpc) is 2.37. The van der Waals surface area contributed by atoms with Crippen LogP contribution in [0.5, 0.6) is 0 Å². The molecule has 1 aromatic rings. The van der Waals surface area contributed by atoms with E-state index in [1.54, 1.807) is 0 Å². The van der Waals surface area contributed by atoms with Gasteiger partial charge in [0.05, 0.1) is 0 Å². The van der Waals surface area contributed by atoms with E-state index in [1.807, 2.05) is 18.2 Å². The van der Waals surface area contributed by atoms with Crippen LogP contribution in [0.3, 0.4) is 0 Å². The topological polar surface area (TPSA) is 35.2 Å². The number of hydrogen-bond acceptors (Lipinski definition) is 2. The molecule has 0 heterocycles. The third-order valence-electron chi connectivity index (χ3n) is 3.10. The monoisotopic (exact) mass is 249 g/mol. The molecule has 0 aliphatic heterocycles. The predicted octanol–water partition coefficient (Wildman–Crippen LogP) is 4.19. The molecule has 0 spiro atoms. The van der Waals surface area contributed by atoms with Crippen LogP contribution in [0, 0.1) is 0 Å². The Morgan fingerprint density at radius 1 is 1.00 bits per heavy atom. The van der Waals surface area contributed by atoms with Gasteiger partial charge in [-0.3, -0.25) is 0 Å². The lowest BCUT2D eigenvalue weighted by Gasteiger charge is -2.05. The van der Waals surface area contributed by atoms with Crippen LogP contribution in [0.4, 0.5) is 5.69 Å². The first-order chi connectivity index (χ1) is 8.83. The molecule has 0 aliphatic carbocycles. The van der Waals surface area contributed by atoms with Gasteiger partial charge >= 0.3 is 0 Å². The van der Waals surface area contributed by atoms with Crippen LogP contribution in [-0.4, -0.2) is 13.2 Å². The molecule has 0 aromatic heterocycles. The van der Waals surface area contributed by atoms with Crippen molar-refractivity contribution in [1.82, 2.24) is 0 Å². The van der Waals surface area contributed by atoms with Gasteiger partial charge in [0.15, 0.2) is 0 Å². The molecule has 2 heteroatoms. The maximum atomic E-state index is 5.74. The van der Waals surface area contributed by atoms with Crippen LogP contribution in [0.25, 0.3) is 0 Å². The number of benzene rings is 1. The number of rotatable bonds is 10. The molecule has 2 nitrogen and oxygen atoms in total. The zero-order valence-electron chi connectivity index (χ0n) is 11.7. The number of aryl methyl sites for hydroxylation is 1. The summed E-state index contributed by atoms with van der Waals surface area (Å²) in [5.41, 5.74) is 7.90. The Bertz CT molecular complexity index is 312. The van der Waals surface area contributed by atoms with Crippen LogP contribution in [0.2, 0.25) is 0 Å². The van der Waals surface area contributed by atoms with Gasteiger partial charge in [-0.25, -0.2) is 0 Å². The highest BCUT2D eigenvalue weighted by Gasteiger charge is 1.95. The summed E-state index contributed by atoms with van der Waals surface area (Å²) in [4.78, 5) is 0. The number of unbranched alkanes of at least 4 members (excludes halogenated alkanes) is 4. The molecule has 0 amide bonds. The summed E-state index contributed by atoms with van der Waals surface area (Å²) < 4.78 is 5.63. The molecule has 18 heavy (non-hydrogen) atoms. The van der Waals surface area contributed by atoms with Gasteiger partial charge in [0.2, 0.25) is 0 Å². The third-order valence-corrected chi connectivity index (χ3v) is 3.10. The van der Waals surface area contributed by atoms with Crippen molar-refractivity contribution >= 4 is 5.69 Å². The Morgan fingerprint density at radius 2 is 1.78 bits per heavy atom. The predicted molar refractivity (Wildman–Crippen MR) is 78.8 cm³/mol. The van der Waals surface area contributed by atoms with Crippen LogP contribution in [-0.2, 0) is 11.2 Å². The normalized spacial score (nSPS) is 10.7. The van der Waals surface area contributed by atoms with E-state index in [0.717, 1.165) is 31.7 Å². The van der Waals surface area contributed by atoms with Crippen molar-refractivity contribution in [3.8, 4) is 0 Å². The summed E-state index contributed by atoms with van der Waals surface area (Å²) in [6.07, 6.45) is 8.67. The molecule has 0 fully saturated rings. The summed E-state index contributed by atoms with van der Waals surface area (Å²) in [6, 6.07) is 8.11. The van der Waals surface area contributed by atoms with E-state index >= 15 is 0 Å². The van der Waals surface area contributed by atoms with Gasteiger partial charge in [0.25, 0.3) is 0 Å². The molecule has 0 aliphatic rings. The first-order valence-electron chi connectivity index (χ1n) is 7.25. The van der Waals surface area contributed by atoms with Crippen molar-refractivity contribution in [3.05, 3.63) is 29.8 Å². The molecule has 102 valence electrons. The van der Waals surface area contributed by atoms with Crippen molar-refractivity contribution in [2.45, 2.75) is 51.9 Å². The molecule has 1 aromatic carbocycles. The quantitative estimate of drug-likeness (QED) is 0.498. The Morgan fingerprint density at radius 3 is 2.56 bits per heavy atom. The van der Waals surface area contributed by atoms with Crippen molar-refractivity contribution in [3.63, 3.8) is 0 Å². The van der Waals surface area contributed by atoms with Gasteiger partial charge < -0.3 is 10.5 Å². The first-order valence-corrected chi connectivity index (χ1v) is 7.25. The number of nitrogens with two attached hydrogens (primary N) is 1. The summed E-state index contributed by atoms with van der Waals surface area (Å²) in [7, 11) is 0. The fourth-order valence-electron chi connectivity index (χ4n) is 2.04. The largest absolute Gasteiger partial charge is 0.399 e. The second kappa shape index (κ2) is 9.95. The van der Waals surface area contributed by atoms with Crippen LogP contribution < -0.4 is 5.73 Å². The minimum Gasteiger partial charge on any atom is -0.399 e. The van der Waals surface area contributed by atoms with Gasteiger partial charge in [0, 0.05) is 18.9 Å². The van der Waals surface area contributed by atoms with Crippen molar-refractivity contribution in [2.24, 2.45) is 0 Å². The smallest absolute Gasteiger partial charge is 0.0469 e. The highest BCUT2D eigenvalue weighted by atomic mass is 16.5. The van der Waals surface area contributed by atoms with Crippen LogP contribution in [0.15, 0.2) is 24.3 Å². The minimum absolute atomic E-state index is 0.851. The summed E-state index contributed by atoms with van der Waals surface area (Å²) >= 11 is 0. The summed E-state index contributed by atoms with van der Waals surface area (Å²) in [6.45, 7) is 4.02. The van der Waals surface area contributed by atoms with E-state index in [-0.39, 0.29) is 0 Å². The van der Waals surface area contributed by atoms with Crippen LogP contribution in [0.1, 0.15) is 51.0 Å². The molecule has 0 radical (unpaired) electrons. The van der Waals surface area contributed by atoms with Crippen molar-refractivity contribution < 1.29 is 4.74 Å². The van der Waals surface area contributed by atoms with E-state index in [9.17, 15) is 0 Å².